The lowest BCUT2D eigenvalue weighted by atomic mass is 9.85. The summed E-state index contributed by atoms with van der Waals surface area (Å²) < 4.78 is 7.42. The van der Waals surface area contributed by atoms with Gasteiger partial charge in [0.2, 0.25) is 0 Å². The second-order valence-corrected chi connectivity index (χ2v) is 16.4. The SMILES string of the molecule is c1ccc(-c2ccc(-c3ccc(N(c4ccc(-c5ccccc5)cc4)c4cccc5c4Oc4cc6ccccc6cc4-c4c-5cccc4-c4cccc5ccccc45)cc3)cc2)cc1. The highest BCUT2D eigenvalue weighted by atomic mass is 16.5. The Morgan fingerprint density at radius 3 is 1.31 bits per heavy atom. The number of hydrogen-bond donors (Lipinski definition) is 0. The molecule has 12 rings (SSSR count). The van der Waals surface area contributed by atoms with E-state index in [1.807, 2.05) is 0 Å². The molecule has 0 atom stereocenters. The van der Waals surface area contributed by atoms with E-state index in [2.05, 4.69) is 254 Å². The first kappa shape index (κ1) is 37.3. The highest BCUT2D eigenvalue weighted by molar-refractivity contribution is 6.08. The Kier molecular flexibility index (Phi) is 9.20. The van der Waals surface area contributed by atoms with E-state index >= 15 is 0 Å². The smallest absolute Gasteiger partial charge is 0.159 e. The van der Waals surface area contributed by atoms with Gasteiger partial charge in [0.25, 0.3) is 0 Å². The third-order valence-corrected chi connectivity index (χ3v) is 12.7. The fourth-order valence-electron chi connectivity index (χ4n) is 9.53. The van der Waals surface area contributed by atoms with Crippen LogP contribution in [0.25, 0.3) is 88.3 Å². The van der Waals surface area contributed by atoms with E-state index in [9.17, 15) is 0 Å². The molecule has 1 aliphatic rings. The molecule has 0 aromatic heterocycles. The van der Waals surface area contributed by atoms with E-state index < -0.39 is 0 Å². The quantitative estimate of drug-likeness (QED) is 0.159. The summed E-state index contributed by atoms with van der Waals surface area (Å²) in [6.45, 7) is 0. The predicted molar refractivity (Wildman–Crippen MR) is 269 cm³/mol. The highest BCUT2D eigenvalue weighted by Crippen LogP contribution is 2.55. The molecule has 0 N–H and O–H groups in total. The lowest BCUT2D eigenvalue weighted by Gasteiger charge is -2.28. The van der Waals surface area contributed by atoms with Crippen molar-refractivity contribution in [3.8, 4) is 78.3 Å². The third-order valence-electron chi connectivity index (χ3n) is 12.7. The van der Waals surface area contributed by atoms with Crippen molar-refractivity contribution >= 4 is 38.6 Å². The van der Waals surface area contributed by atoms with Crippen LogP contribution in [0.3, 0.4) is 0 Å². The first-order chi connectivity index (χ1) is 31.7. The molecule has 2 nitrogen and oxygen atoms in total. The van der Waals surface area contributed by atoms with Crippen LogP contribution in [-0.2, 0) is 0 Å². The van der Waals surface area contributed by atoms with Crippen molar-refractivity contribution in [1.29, 1.82) is 0 Å². The fraction of sp³-hybridized carbons (Fsp3) is 0. The minimum atomic E-state index is 0.806. The molecule has 0 bridgehead atoms. The standard InChI is InChI=1S/C62H41NO/c1-3-14-42(15-4-1)44-28-30-45(31-29-44)47-34-38-52(39-35-47)63(51-36-32-46(33-37-51)43-16-5-2-6-17-43)59-27-13-26-57-56-25-12-24-55(54-23-11-21-48-18-9-10-22-53(48)54)61(56)58-40-49-19-7-8-20-50(49)41-60(58)64-62(57)59/h1-41H. The van der Waals surface area contributed by atoms with Crippen LogP contribution in [0.15, 0.2) is 249 Å². The van der Waals surface area contributed by atoms with Crippen LogP contribution in [0.4, 0.5) is 17.1 Å². The molecule has 0 spiro atoms. The lowest BCUT2D eigenvalue weighted by molar-refractivity contribution is 0.489. The van der Waals surface area contributed by atoms with Crippen molar-refractivity contribution < 1.29 is 4.74 Å². The zero-order chi connectivity index (χ0) is 42.4. The number of rotatable bonds is 7. The van der Waals surface area contributed by atoms with Crippen LogP contribution in [0, 0.1) is 0 Å². The van der Waals surface area contributed by atoms with Crippen LogP contribution in [0.1, 0.15) is 0 Å². The minimum absolute atomic E-state index is 0.806. The van der Waals surface area contributed by atoms with E-state index in [4.69, 9.17) is 4.74 Å². The van der Waals surface area contributed by atoms with Crippen molar-refractivity contribution in [2.45, 2.75) is 0 Å². The molecule has 300 valence electrons. The molecule has 11 aromatic carbocycles. The van der Waals surface area contributed by atoms with Crippen LogP contribution in [0.5, 0.6) is 11.5 Å². The van der Waals surface area contributed by atoms with Gasteiger partial charge >= 0.3 is 0 Å². The van der Waals surface area contributed by atoms with Gasteiger partial charge in [-0.1, -0.05) is 206 Å². The van der Waals surface area contributed by atoms with Crippen LogP contribution in [0.2, 0.25) is 0 Å². The lowest BCUT2D eigenvalue weighted by Crippen LogP contribution is -2.11. The van der Waals surface area contributed by atoms with Gasteiger partial charge in [0, 0.05) is 28.1 Å². The van der Waals surface area contributed by atoms with Gasteiger partial charge < -0.3 is 9.64 Å². The van der Waals surface area contributed by atoms with Crippen molar-refractivity contribution in [3.05, 3.63) is 249 Å². The van der Waals surface area contributed by atoms with E-state index in [-0.39, 0.29) is 0 Å². The van der Waals surface area contributed by atoms with Crippen molar-refractivity contribution in [1.82, 2.24) is 0 Å². The molecule has 1 heterocycles. The zero-order valence-electron chi connectivity index (χ0n) is 35.0. The van der Waals surface area contributed by atoms with Gasteiger partial charge in [0.1, 0.15) is 5.75 Å². The van der Waals surface area contributed by atoms with E-state index in [1.165, 1.54) is 49.5 Å². The van der Waals surface area contributed by atoms with Gasteiger partial charge in [-0.15, -0.1) is 0 Å². The van der Waals surface area contributed by atoms with Crippen LogP contribution < -0.4 is 9.64 Å². The summed E-state index contributed by atoms with van der Waals surface area (Å²) in [4.78, 5) is 2.34. The molecule has 11 aromatic rings. The Labute approximate surface area is 373 Å². The number of anilines is 3. The van der Waals surface area contributed by atoms with E-state index in [1.54, 1.807) is 0 Å². The second-order valence-electron chi connectivity index (χ2n) is 16.4. The van der Waals surface area contributed by atoms with E-state index in [0.717, 1.165) is 67.3 Å². The highest BCUT2D eigenvalue weighted by Gasteiger charge is 2.29. The summed E-state index contributed by atoms with van der Waals surface area (Å²) in [7, 11) is 0. The van der Waals surface area contributed by atoms with Gasteiger partial charge in [-0.25, -0.2) is 0 Å². The summed E-state index contributed by atoms with van der Waals surface area (Å²) in [5.74, 6) is 1.63. The van der Waals surface area contributed by atoms with Gasteiger partial charge in [-0.2, -0.15) is 0 Å². The zero-order valence-corrected chi connectivity index (χ0v) is 35.0. The van der Waals surface area contributed by atoms with Crippen molar-refractivity contribution in [3.63, 3.8) is 0 Å². The number of para-hydroxylation sites is 1. The molecule has 1 aliphatic heterocycles. The Morgan fingerprint density at radius 1 is 0.281 bits per heavy atom. The number of ether oxygens (including phenoxy) is 1. The fourth-order valence-corrected chi connectivity index (χ4v) is 9.53. The number of benzene rings is 11. The van der Waals surface area contributed by atoms with Crippen LogP contribution >= 0.6 is 0 Å². The summed E-state index contributed by atoms with van der Waals surface area (Å²) >= 11 is 0. The molecular weight excluding hydrogens is 775 g/mol. The second kappa shape index (κ2) is 15.8. The molecule has 0 amide bonds. The maximum absolute atomic E-state index is 7.42. The number of nitrogens with zero attached hydrogens (tertiary/aromatic N) is 1. The van der Waals surface area contributed by atoms with Gasteiger partial charge in [-0.05, 0) is 114 Å². The van der Waals surface area contributed by atoms with Crippen LogP contribution in [-0.4, -0.2) is 0 Å². The predicted octanol–water partition coefficient (Wildman–Crippen LogP) is 17.6. The first-order valence-electron chi connectivity index (χ1n) is 21.9. The minimum Gasteiger partial charge on any atom is -0.454 e. The Morgan fingerprint density at radius 2 is 0.703 bits per heavy atom. The molecule has 2 heteroatoms. The molecular formula is C62H41NO. The molecule has 0 saturated carbocycles. The normalized spacial score (nSPS) is 11.6. The molecule has 0 radical (unpaired) electrons. The maximum Gasteiger partial charge on any atom is 0.159 e. The summed E-state index contributed by atoms with van der Waals surface area (Å²) in [5.41, 5.74) is 16.9. The van der Waals surface area contributed by atoms with E-state index in [0.29, 0.717) is 0 Å². The molecule has 0 aliphatic carbocycles. The summed E-state index contributed by atoms with van der Waals surface area (Å²) in [6, 6.07) is 89.5. The molecule has 0 unspecified atom stereocenters. The van der Waals surface area contributed by atoms with Crippen molar-refractivity contribution in [2.75, 3.05) is 4.90 Å². The number of hydrogen-bond acceptors (Lipinski definition) is 2. The van der Waals surface area contributed by atoms with Gasteiger partial charge in [0.05, 0.1) is 5.69 Å². The Balaban J connectivity index is 1.05. The first-order valence-corrected chi connectivity index (χ1v) is 21.9. The van der Waals surface area contributed by atoms with Crippen molar-refractivity contribution in [2.24, 2.45) is 0 Å². The monoisotopic (exact) mass is 815 g/mol. The molecule has 0 fully saturated rings. The maximum atomic E-state index is 7.42. The molecule has 64 heavy (non-hydrogen) atoms. The third kappa shape index (κ3) is 6.61. The topological polar surface area (TPSA) is 12.5 Å². The average Bonchev–Trinajstić information content (AvgIpc) is 3.51. The summed E-state index contributed by atoms with van der Waals surface area (Å²) in [6.07, 6.45) is 0. The van der Waals surface area contributed by atoms with Gasteiger partial charge in [0.15, 0.2) is 5.75 Å². The Bertz CT molecular complexity index is 3480. The summed E-state index contributed by atoms with van der Waals surface area (Å²) in [5, 5.41) is 4.74. The Hall–Kier alpha value is -8.46. The average molecular weight is 816 g/mol. The largest absolute Gasteiger partial charge is 0.454 e. The van der Waals surface area contributed by atoms with Gasteiger partial charge in [-0.3, -0.25) is 0 Å². The molecule has 0 saturated heterocycles. The number of fused-ring (bicyclic) bond motifs is 7.